The van der Waals surface area contributed by atoms with E-state index in [-0.39, 0.29) is 6.04 Å². The zero-order valence-corrected chi connectivity index (χ0v) is 7.13. The van der Waals surface area contributed by atoms with Crippen LogP contribution in [0.25, 0.3) is 0 Å². The molecule has 0 aromatic heterocycles. The summed E-state index contributed by atoms with van der Waals surface area (Å²) >= 11 is 0. The molecule has 1 atom stereocenters. The zero-order chi connectivity index (χ0) is 9.42. The molecule has 0 bridgehead atoms. The first-order valence-electron chi connectivity index (χ1n) is 4.39. The Balaban J connectivity index is 2.24. The Morgan fingerprint density at radius 1 is 1.23 bits per heavy atom. The molecule has 0 aliphatic heterocycles. The number of hydrogen-bond acceptors (Lipinski definition) is 1. The van der Waals surface area contributed by atoms with Crippen LogP contribution in [0.15, 0.2) is 18.2 Å². The summed E-state index contributed by atoms with van der Waals surface area (Å²) < 4.78 is 25.4. The molecule has 0 radical (unpaired) electrons. The molecule has 3 heteroatoms. The predicted molar refractivity (Wildman–Crippen MR) is 46.0 cm³/mol. The standard InChI is InChI=1S/C10H11F2N/c11-8-4-3-7(5-9(8)12)10(13)6-1-2-6/h3-6,10H,1-2,13H2. The summed E-state index contributed by atoms with van der Waals surface area (Å²) in [6.45, 7) is 0. The minimum Gasteiger partial charge on any atom is -0.324 e. The van der Waals surface area contributed by atoms with Crippen LogP contribution in [0, 0.1) is 17.6 Å². The van der Waals surface area contributed by atoms with Gasteiger partial charge in [-0.05, 0) is 36.5 Å². The first kappa shape index (κ1) is 8.63. The van der Waals surface area contributed by atoms with Crippen molar-refractivity contribution in [3.8, 4) is 0 Å². The summed E-state index contributed by atoms with van der Waals surface area (Å²) in [4.78, 5) is 0. The first-order chi connectivity index (χ1) is 6.18. The van der Waals surface area contributed by atoms with Gasteiger partial charge in [-0.25, -0.2) is 8.78 Å². The summed E-state index contributed by atoms with van der Waals surface area (Å²) in [6.07, 6.45) is 2.19. The second kappa shape index (κ2) is 3.07. The largest absolute Gasteiger partial charge is 0.324 e. The first-order valence-corrected chi connectivity index (χ1v) is 4.39. The molecule has 2 rings (SSSR count). The van der Waals surface area contributed by atoms with Gasteiger partial charge < -0.3 is 5.73 Å². The van der Waals surface area contributed by atoms with Gasteiger partial charge in [0.05, 0.1) is 0 Å². The van der Waals surface area contributed by atoms with Crippen molar-refractivity contribution in [3.05, 3.63) is 35.4 Å². The number of halogens is 2. The van der Waals surface area contributed by atoms with Gasteiger partial charge in [0.25, 0.3) is 0 Å². The van der Waals surface area contributed by atoms with E-state index in [9.17, 15) is 8.78 Å². The van der Waals surface area contributed by atoms with Crippen LogP contribution in [0.4, 0.5) is 8.78 Å². The van der Waals surface area contributed by atoms with Gasteiger partial charge in [-0.15, -0.1) is 0 Å². The maximum Gasteiger partial charge on any atom is 0.159 e. The topological polar surface area (TPSA) is 26.0 Å². The highest BCUT2D eigenvalue weighted by Crippen LogP contribution is 2.39. The van der Waals surface area contributed by atoms with Crippen LogP contribution < -0.4 is 5.73 Å². The fraction of sp³-hybridized carbons (Fsp3) is 0.400. The van der Waals surface area contributed by atoms with Gasteiger partial charge in [-0.1, -0.05) is 6.07 Å². The minimum atomic E-state index is -0.813. The Kier molecular flexibility index (Phi) is 2.04. The van der Waals surface area contributed by atoms with Crippen molar-refractivity contribution in [2.24, 2.45) is 11.7 Å². The fourth-order valence-electron chi connectivity index (χ4n) is 1.45. The van der Waals surface area contributed by atoms with Gasteiger partial charge in [0.1, 0.15) is 0 Å². The van der Waals surface area contributed by atoms with E-state index < -0.39 is 11.6 Å². The summed E-state index contributed by atoms with van der Waals surface area (Å²) in [5, 5.41) is 0. The monoisotopic (exact) mass is 183 g/mol. The molecule has 1 aromatic carbocycles. The van der Waals surface area contributed by atoms with E-state index in [0.717, 1.165) is 18.9 Å². The van der Waals surface area contributed by atoms with Crippen molar-refractivity contribution >= 4 is 0 Å². The van der Waals surface area contributed by atoms with Crippen molar-refractivity contribution in [2.75, 3.05) is 0 Å². The third kappa shape index (κ3) is 1.70. The summed E-state index contributed by atoms with van der Waals surface area (Å²) in [5.74, 6) is -1.16. The fourth-order valence-corrected chi connectivity index (χ4v) is 1.45. The lowest BCUT2D eigenvalue weighted by Gasteiger charge is -2.10. The number of benzene rings is 1. The SMILES string of the molecule is NC(c1ccc(F)c(F)c1)C1CC1. The summed E-state index contributed by atoms with van der Waals surface area (Å²) in [6, 6.07) is 3.75. The lowest BCUT2D eigenvalue weighted by molar-refractivity contribution is 0.503. The van der Waals surface area contributed by atoms with E-state index in [1.807, 2.05) is 0 Å². The Hall–Kier alpha value is -0.960. The molecule has 1 aromatic rings. The molecule has 0 spiro atoms. The molecule has 1 aliphatic rings. The molecule has 1 unspecified atom stereocenters. The van der Waals surface area contributed by atoms with Crippen LogP contribution in [-0.2, 0) is 0 Å². The molecular formula is C10H11F2N. The molecule has 1 saturated carbocycles. The average Bonchev–Trinajstić information content (AvgIpc) is 2.91. The van der Waals surface area contributed by atoms with E-state index in [1.54, 1.807) is 6.07 Å². The molecule has 0 heterocycles. The minimum absolute atomic E-state index is 0.130. The second-order valence-corrected chi connectivity index (χ2v) is 3.54. The van der Waals surface area contributed by atoms with E-state index in [2.05, 4.69) is 0 Å². The second-order valence-electron chi connectivity index (χ2n) is 3.54. The lowest BCUT2D eigenvalue weighted by Crippen LogP contribution is -2.12. The summed E-state index contributed by atoms with van der Waals surface area (Å²) in [7, 11) is 0. The molecule has 2 N–H and O–H groups in total. The molecule has 1 nitrogen and oxygen atoms in total. The molecule has 70 valence electrons. The third-order valence-electron chi connectivity index (χ3n) is 2.46. The smallest absolute Gasteiger partial charge is 0.159 e. The molecule has 1 fully saturated rings. The van der Waals surface area contributed by atoms with E-state index >= 15 is 0 Å². The van der Waals surface area contributed by atoms with Crippen molar-refractivity contribution in [3.63, 3.8) is 0 Å². The molecular weight excluding hydrogens is 172 g/mol. The van der Waals surface area contributed by atoms with Crippen LogP contribution in [-0.4, -0.2) is 0 Å². The molecule has 13 heavy (non-hydrogen) atoms. The average molecular weight is 183 g/mol. The van der Waals surface area contributed by atoms with Gasteiger partial charge in [0, 0.05) is 6.04 Å². The van der Waals surface area contributed by atoms with Gasteiger partial charge in [0.2, 0.25) is 0 Å². The lowest BCUT2D eigenvalue weighted by atomic mass is 10.0. The van der Waals surface area contributed by atoms with Gasteiger partial charge >= 0.3 is 0 Å². The number of rotatable bonds is 2. The van der Waals surface area contributed by atoms with Crippen molar-refractivity contribution in [1.82, 2.24) is 0 Å². The third-order valence-corrected chi connectivity index (χ3v) is 2.46. The van der Waals surface area contributed by atoms with Gasteiger partial charge in [0.15, 0.2) is 11.6 Å². The van der Waals surface area contributed by atoms with Crippen LogP contribution in [0.3, 0.4) is 0 Å². The molecule has 1 aliphatic carbocycles. The normalized spacial score (nSPS) is 18.7. The Morgan fingerprint density at radius 3 is 2.46 bits per heavy atom. The van der Waals surface area contributed by atoms with Gasteiger partial charge in [-0.3, -0.25) is 0 Å². The van der Waals surface area contributed by atoms with Crippen molar-refractivity contribution < 1.29 is 8.78 Å². The summed E-state index contributed by atoms with van der Waals surface area (Å²) in [5.41, 5.74) is 6.53. The predicted octanol–water partition coefficient (Wildman–Crippen LogP) is 2.37. The van der Waals surface area contributed by atoms with E-state index in [4.69, 9.17) is 5.73 Å². The highest BCUT2D eigenvalue weighted by atomic mass is 19.2. The van der Waals surface area contributed by atoms with Gasteiger partial charge in [-0.2, -0.15) is 0 Å². The highest BCUT2D eigenvalue weighted by Gasteiger charge is 2.29. The molecule has 0 saturated heterocycles. The number of nitrogens with two attached hydrogens (primary N) is 1. The van der Waals surface area contributed by atoms with Crippen LogP contribution in [0.1, 0.15) is 24.4 Å². The highest BCUT2D eigenvalue weighted by molar-refractivity contribution is 5.22. The Labute approximate surface area is 75.6 Å². The van der Waals surface area contributed by atoms with Crippen molar-refractivity contribution in [2.45, 2.75) is 18.9 Å². The maximum absolute atomic E-state index is 12.8. The Morgan fingerprint density at radius 2 is 1.92 bits per heavy atom. The number of hydrogen-bond donors (Lipinski definition) is 1. The van der Waals surface area contributed by atoms with Crippen LogP contribution in [0.2, 0.25) is 0 Å². The van der Waals surface area contributed by atoms with E-state index in [1.165, 1.54) is 6.07 Å². The zero-order valence-electron chi connectivity index (χ0n) is 7.13. The maximum atomic E-state index is 12.8. The van der Waals surface area contributed by atoms with Crippen LogP contribution >= 0.6 is 0 Å². The van der Waals surface area contributed by atoms with Crippen LogP contribution in [0.5, 0.6) is 0 Å². The quantitative estimate of drug-likeness (QED) is 0.748. The van der Waals surface area contributed by atoms with Crippen molar-refractivity contribution in [1.29, 1.82) is 0 Å². The van der Waals surface area contributed by atoms with E-state index in [0.29, 0.717) is 11.5 Å². The Bertz CT molecular complexity index is 321. The molecule has 0 amide bonds.